The molecule has 0 aliphatic carbocycles. The van der Waals surface area contributed by atoms with Gasteiger partial charge in [-0.3, -0.25) is 4.79 Å². The van der Waals surface area contributed by atoms with Crippen molar-refractivity contribution in [2.45, 2.75) is 44.9 Å². The zero-order valence-electron chi connectivity index (χ0n) is 16.9. The summed E-state index contributed by atoms with van der Waals surface area (Å²) < 4.78 is 10.8. The second-order valence-corrected chi connectivity index (χ2v) is 7.28. The lowest BCUT2D eigenvalue weighted by Crippen LogP contribution is -2.47. The molecule has 150 valence electrons. The van der Waals surface area contributed by atoms with E-state index in [0.717, 1.165) is 22.6 Å². The van der Waals surface area contributed by atoms with Crippen molar-refractivity contribution in [1.82, 2.24) is 15.8 Å². The molecule has 3 rings (SSSR count). The van der Waals surface area contributed by atoms with Crippen molar-refractivity contribution < 1.29 is 14.3 Å². The van der Waals surface area contributed by atoms with E-state index in [1.165, 1.54) is 0 Å². The van der Waals surface area contributed by atoms with E-state index in [4.69, 9.17) is 9.47 Å². The van der Waals surface area contributed by atoms with Crippen LogP contribution in [0.1, 0.15) is 37.4 Å². The molecular weight excluding hydrogens is 354 g/mol. The average molecular weight is 383 g/mol. The number of carbonyl (C=O) groups is 1. The van der Waals surface area contributed by atoms with Gasteiger partial charge in [-0.1, -0.05) is 36.4 Å². The fourth-order valence-corrected chi connectivity index (χ4v) is 3.52. The fraction of sp³-hybridized carbons (Fsp3) is 0.409. The van der Waals surface area contributed by atoms with Crippen LogP contribution in [-0.2, 0) is 11.3 Å². The number of nitrogens with zero attached hydrogens (tertiary/aromatic N) is 1. The van der Waals surface area contributed by atoms with Crippen LogP contribution < -0.4 is 20.3 Å². The van der Waals surface area contributed by atoms with Gasteiger partial charge in [0, 0.05) is 24.2 Å². The molecule has 28 heavy (non-hydrogen) atoms. The SMILES string of the molecule is COc1ccc(C2CC(C(=O)N(Cc3ccccc3)C(C)C)NN2)c(OC)c1. The standard InChI is InChI=1S/C22H29N3O3/c1-15(2)25(14-16-8-6-5-7-9-16)22(26)20-13-19(23-24-20)18-11-10-17(27-3)12-21(18)28-4/h5-12,15,19-20,23-24H,13-14H2,1-4H3. The van der Waals surface area contributed by atoms with Gasteiger partial charge in [0.2, 0.25) is 5.91 Å². The van der Waals surface area contributed by atoms with E-state index in [0.29, 0.717) is 13.0 Å². The maximum absolute atomic E-state index is 13.2. The Morgan fingerprint density at radius 1 is 1.11 bits per heavy atom. The van der Waals surface area contributed by atoms with Crippen LogP contribution in [0, 0.1) is 0 Å². The lowest BCUT2D eigenvalue weighted by molar-refractivity contribution is -0.135. The van der Waals surface area contributed by atoms with Gasteiger partial charge in [-0.25, -0.2) is 10.9 Å². The molecular formula is C22H29N3O3. The molecule has 1 fully saturated rings. The molecule has 0 bridgehead atoms. The Balaban J connectivity index is 1.72. The Bertz CT molecular complexity index is 795. The fourth-order valence-electron chi connectivity index (χ4n) is 3.52. The third-order valence-electron chi connectivity index (χ3n) is 5.12. The van der Waals surface area contributed by atoms with Gasteiger partial charge in [0.25, 0.3) is 0 Å². The quantitative estimate of drug-likeness (QED) is 0.769. The smallest absolute Gasteiger partial charge is 0.241 e. The molecule has 2 aromatic carbocycles. The number of hydrazine groups is 1. The first-order valence-corrected chi connectivity index (χ1v) is 9.61. The van der Waals surface area contributed by atoms with Crippen LogP contribution >= 0.6 is 0 Å². The van der Waals surface area contributed by atoms with Gasteiger partial charge in [0.1, 0.15) is 17.5 Å². The molecule has 0 aromatic heterocycles. The molecule has 0 spiro atoms. The normalized spacial score (nSPS) is 18.9. The van der Waals surface area contributed by atoms with Crippen LogP contribution in [0.25, 0.3) is 0 Å². The van der Waals surface area contributed by atoms with Gasteiger partial charge in [0.15, 0.2) is 0 Å². The molecule has 1 amide bonds. The predicted octanol–water partition coefficient (Wildman–Crippen LogP) is 3.05. The minimum atomic E-state index is -0.289. The molecule has 1 saturated heterocycles. The van der Waals surface area contributed by atoms with Crippen LogP contribution in [0.3, 0.4) is 0 Å². The summed E-state index contributed by atoms with van der Waals surface area (Å²) in [6.07, 6.45) is 0.652. The first-order valence-electron chi connectivity index (χ1n) is 9.61. The van der Waals surface area contributed by atoms with Gasteiger partial charge in [0.05, 0.1) is 20.3 Å². The molecule has 1 aliphatic heterocycles. The molecule has 2 unspecified atom stereocenters. The highest BCUT2D eigenvalue weighted by atomic mass is 16.5. The maximum Gasteiger partial charge on any atom is 0.241 e. The number of rotatable bonds is 7. The van der Waals surface area contributed by atoms with Crippen LogP contribution in [0.5, 0.6) is 11.5 Å². The van der Waals surface area contributed by atoms with Gasteiger partial charge in [-0.2, -0.15) is 0 Å². The average Bonchev–Trinajstić information content (AvgIpc) is 3.21. The number of benzene rings is 2. The molecule has 2 atom stereocenters. The second kappa shape index (κ2) is 9.08. The van der Waals surface area contributed by atoms with E-state index < -0.39 is 0 Å². The molecule has 0 radical (unpaired) electrons. The Labute approximate surface area is 166 Å². The van der Waals surface area contributed by atoms with Crippen molar-refractivity contribution in [2.75, 3.05) is 14.2 Å². The van der Waals surface area contributed by atoms with E-state index in [-0.39, 0.29) is 24.0 Å². The molecule has 1 aliphatic rings. The highest BCUT2D eigenvalue weighted by molar-refractivity contribution is 5.82. The van der Waals surface area contributed by atoms with E-state index in [9.17, 15) is 4.79 Å². The monoisotopic (exact) mass is 383 g/mol. The summed E-state index contributed by atoms with van der Waals surface area (Å²) in [7, 11) is 3.27. The van der Waals surface area contributed by atoms with Gasteiger partial charge in [-0.05, 0) is 31.9 Å². The Morgan fingerprint density at radius 3 is 2.50 bits per heavy atom. The first-order chi connectivity index (χ1) is 13.5. The van der Waals surface area contributed by atoms with Crippen molar-refractivity contribution >= 4 is 5.91 Å². The largest absolute Gasteiger partial charge is 0.497 e. The molecule has 6 nitrogen and oxygen atoms in total. The predicted molar refractivity (Wildman–Crippen MR) is 109 cm³/mol. The summed E-state index contributed by atoms with van der Waals surface area (Å²) in [6, 6.07) is 15.6. The number of hydrogen-bond acceptors (Lipinski definition) is 5. The molecule has 0 saturated carbocycles. The number of methoxy groups -OCH3 is 2. The molecule has 6 heteroatoms. The Morgan fingerprint density at radius 2 is 1.86 bits per heavy atom. The van der Waals surface area contributed by atoms with Gasteiger partial charge < -0.3 is 14.4 Å². The number of carbonyl (C=O) groups excluding carboxylic acids is 1. The van der Waals surface area contributed by atoms with Crippen LogP contribution in [0.2, 0.25) is 0 Å². The third kappa shape index (κ3) is 4.46. The second-order valence-electron chi connectivity index (χ2n) is 7.28. The van der Waals surface area contributed by atoms with Crippen LogP contribution in [0.15, 0.2) is 48.5 Å². The number of ether oxygens (including phenoxy) is 2. The summed E-state index contributed by atoms with van der Waals surface area (Å²) in [6.45, 7) is 4.70. The number of hydrogen-bond donors (Lipinski definition) is 2. The molecule has 1 heterocycles. The lowest BCUT2D eigenvalue weighted by Gasteiger charge is -2.29. The summed E-state index contributed by atoms with van der Waals surface area (Å²) in [5.41, 5.74) is 8.57. The van der Waals surface area contributed by atoms with Gasteiger partial charge in [-0.15, -0.1) is 0 Å². The summed E-state index contributed by atoms with van der Waals surface area (Å²) >= 11 is 0. The van der Waals surface area contributed by atoms with Crippen molar-refractivity contribution in [3.8, 4) is 11.5 Å². The van der Waals surface area contributed by atoms with Crippen LogP contribution in [-0.4, -0.2) is 37.1 Å². The van der Waals surface area contributed by atoms with E-state index in [1.54, 1.807) is 14.2 Å². The van der Waals surface area contributed by atoms with E-state index in [1.807, 2.05) is 67.3 Å². The van der Waals surface area contributed by atoms with Crippen molar-refractivity contribution in [3.05, 3.63) is 59.7 Å². The summed E-state index contributed by atoms with van der Waals surface area (Å²) in [5.74, 6) is 1.59. The van der Waals surface area contributed by atoms with Crippen molar-refractivity contribution in [2.24, 2.45) is 0 Å². The Hall–Kier alpha value is -2.57. The highest BCUT2D eigenvalue weighted by Gasteiger charge is 2.35. The number of amides is 1. The summed E-state index contributed by atoms with van der Waals surface area (Å²) in [5, 5.41) is 0. The third-order valence-corrected chi connectivity index (χ3v) is 5.12. The van der Waals surface area contributed by atoms with E-state index >= 15 is 0 Å². The maximum atomic E-state index is 13.2. The van der Waals surface area contributed by atoms with E-state index in [2.05, 4.69) is 10.9 Å². The molecule has 2 aromatic rings. The first kappa shape index (κ1) is 20.2. The van der Waals surface area contributed by atoms with Gasteiger partial charge >= 0.3 is 0 Å². The Kier molecular flexibility index (Phi) is 6.54. The minimum absolute atomic E-state index is 0.0134. The topological polar surface area (TPSA) is 62.8 Å². The van der Waals surface area contributed by atoms with Crippen molar-refractivity contribution in [1.29, 1.82) is 0 Å². The highest BCUT2D eigenvalue weighted by Crippen LogP contribution is 2.33. The molecule has 2 N–H and O–H groups in total. The summed E-state index contributed by atoms with van der Waals surface area (Å²) in [4.78, 5) is 15.1. The van der Waals surface area contributed by atoms with Crippen molar-refractivity contribution in [3.63, 3.8) is 0 Å². The zero-order chi connectivity index (χ0) is 20.1. The lowest BCUT2D eigenvalue weighted by atomic mass is 9.99. The van der Waals surface area contributed by atoms with Crippen LogP contribution in [0.4, 0.5) is 0 Å². The number of nitrogens with one attached hydrogen (secondary N) is 2. The minimum Gasteiger partial charge on any atom is -0.497 e. The zero-order valence-corrected chi connectivity index (χ0v) is 16.9.